The first-order valence-electron chi connectivity index (χ1n) is 10.5. The Labute approximate surface area is 191 Å². The highest BCUT2D eigenvalue weighted by atomic mass is 16.6. The molecule has 174 valence electrons. The van der Waals surface area contributed by atoms with Crippen molar-refractivity contribution in [2.45, 2.75) is 45.4 Å². The molecule has 2 amide bonds. The number of nitrogens with two attached hydrogens (primary N) is 1. The molecule has 0 aliphatic rings. The van der Waals surface area contributed by atoms with Crippen molar-refractivity contribution in [1.82, 2.24) is 14.9 Å². The second-order valence-corrected chi connectivity index (χ2v) is 8.65. The van der Waals surface area contributed by atoms with E-state index in [1.165, 1.54) is 0 Å². The molecule has 2 heterocycles. The highest BCUT2D eigenvalue weighted by molar-refractivity contribution is 5.85. The lowest BCUT2D eigenvalue weighted by molar-refractivity contribution is -0.120. The molecule has 33 heavy (non-hydrogen) atoms. The van der Waals surface area contributed by atoms with Crippen molar-refractivity contribution in [3.8, 4) is 5.75 Å². The second-order valence-electron chi connectivity index (χ2n) is 8.65. The van der Waals surface area contributed by atoms with Crippen LogP contribution in [0.1, 0.15) is 31.9 Å². The van der Waals surface area contributed by atoms with Crippen LogP contribution in [0.5, 0.6) is 5.75 Å². The average Bonchev–Trinajstić information content (AvgIpc) is 2.75. The van der Waals surface area contributed by atoms with Crippen molar-refractivity contribution in [1.29, 1.82) is 0 Å². The normalized spacial score (nSPS) is 12.2. The van der Waals surface area contributed by atoms with Gasteiger partial charge in [0, 0.05) is 29.8 Å². The predicted molar refractivity (Wildman–Crippen MR) is 124 cm³/mol. The fraction of sp³-hybridized carbons (Fsp3) is 0.333. The smallest absolute Gasteiger partial charge is 0.408 e. The van der Waals surface area contributed by atoms with Gasteiger partial charge in [0.25, 0.3) is 5.56 Å². The molecule has 0 aliphatic carbocycles. The van der Waals surface area contributed by atoms with Crippen molar-refractivity contribution >= 4 is 22.9 Å². The Kier molecular flexibility index (Phi) is 7.01. The van der Waals surface area contributed by atoms with Crippen LogP contribution in [0.4, 0.5) is 4.79 Å². The zero-order chi connectivity index (χ0) is 24.2. The minimum atomic E-state index is -1.11. The maximum atomic E-state index is 13.4. The average molecular weight is 453 g/mol. The van der Waals surface area contributed by atoms with Gasteiger partial charge in [-0.25, -0.2) is 4.79 Å². The molecule has 3 aromatic rings. The minimum Gasteiger partial charge on any atom is -0.497 e. The summed E-state index contributed by atoms with van der Waals surface area (Å²) in [5.41, 5.74) is 6.39. The van der Waals surface area contributed by atoms with Crippen LogP contribution in [-0.2, 0) is 22.5 Å². The number of nitrogens with one attached hydrogen (secondary N) is 1. The monoisotopic (exact) mass is 452 g/mol. The molecule has 0 spiro atoms. The van der Waals surface area contributed by atoms with Crippen LogP contribution >= 0.6 is 0 Å². The molecule has 0 bridgehead atoms. The summed E-state index contributed by atoms with van der Waals surface area (Å²) in [5, 5.41) is 3.19. The predicted octanol–water partition coefficient (Wildman–Crippen LogP) is 2.37. The third-order valence-electron chi connectivity index (χ3n) is 4.93. The number of methoxy groups -OCH3 is 1. The first-order valence-corrected chi connectivity index (χ1v) is 10.5. The first-order chi connectivity index (χ1) is 15.6. The molecule has 9 nitrogen and oxygen atoms in total. The van der Waals surface area contributed by atoms with Crippen molar-refractivity contribution in [3.05, 3.63) is 70.3 Å². The molecule has 0 saturated heterocycles. The van der Waals surface area contributed by atoms with Crippen LogP contribution in [0.15, 0.2) is 53.6 Å². The summed E-state index contributed by atoms with van der Waals surface area (Å²) in [6.07, 6.45) is 2.39. The zero-order valence-electron chi connectivity index (χ0n) is 19.1. The van der Waals surface area contributed by atoms with E-state index in [-0.39, 0.29) is 12.0 Å². The van der Waals surface area contributed by atoms with E-state index in [9.17, 15) is 14.4 Å². The molecular formula is C24H28N4O5. The summed E-state index contributed by atoms with van der Waals surface area (Å²) in [6.45, 7) is 5.43. The van der Waals surface area contributed by atoms with Gasteiger partial charge < -0.3 is 25.1 Å². The number of amides is 2. The van der Waals surface area contributed by atoms with E-state index in [1.54, 1.807) is 57.0 Å². The van der Waals surface area contributed by atoms with Crippen LogP contribution in [-0.4, -0.2) is 40.3 Å². The summed E-state index contributed by atoms with van der Waals surface area (Å²) in [5.74, 6) is -0.0559. The number of pyridine rings is 2. The molecule has 0 saturated carbocycles. The van der Waals surface area contributed by atoms with Gasteiger partial charge in [0.05, 0.1) is 19.2 Å². The lowest BCUT2D eigenvalue weighted by atomic mass is 10.0. The Morgan fingerprint density at radius 3 is 2.48 bits per heavy atom. The number of aromatic nitrogens is 2. The Morgan fingerprint density at radius 2 is 1.88 bits per heavy atom. The quantitative estimate of drug-likeness (QED) is 0.567. The van der Waals surface area contributed by atoms with Gasteiger partial charge in [-0.15, -0.1) is 0 Å². The van der Waals surface area contributed by atoms with Gasteiger partial charge in [-0.1, -0.05) is 12.1 Å². The van der Waals surface area contributed by atoms with E-state index in [1.807, 2.05) is 24.3 Å². The summed E-state index contributed by atoms with van der Waals surface area (Å²) < 4.78 is 12.0. The molecule has 1 atom stereocenters. The van der Waals surface area contributed by atoms with Gasteiger partial charge in [0.1, 0.15) is 17.4 Å². The number of hydrogen-bond acceptors (Lipinski definition) is 6. The largest absolute Gasteiger partial charge is 0.497 e. The summed E-state index contributed by atoms with van der Waals surface area (Å²) >= 11 is 0. The van der Waals surface area contributed by atoms with E-state index in [0.29, 0.717) is 23.4 Å². The Hall–Kier alpha value is -3.88. The zero-order valence-corrected chi connectivity index (χ0v) is 19.1. The lowest BCUT2D eigenvalue weighted by Crippen LogP contribution is -2.48. The maximum Gasteiger partial charge on any atom is 0.408 e. The number of carbonyl (C=O) groups is 2. The molecule has 0 unspecified atom stereocenters. The number of primary amides is 1. The highest BCUT2D eigenvalue weighted by Crippen LogP contribution is 2.17. The number of alkyl carbamates (subject to hydrolysis) is 1. The highest BCUT2D eigenvalue weighted by Gasteiger charge is 2.24. The summed E-state index contributed by atoms with van der Waals surface area (Å²) in [7, 11) is 1.59. The summed E-state index contributed by atoms with van der Waals surface area (Å²) in [4.78, 5) is 41.8. The third kappa shape index (κ3) is 6.09. The van der Waals surface area contributed by atoms with Crippen molar-refractivity contribution in [2.75, 3.05) is 7.11 Å². The van der Waals surface area contributed by atoms with Crippen molar-refractivity contribution in [3.63, 3.8) is 0 Å². The molecule has 9 heteroatoms. The minimum absolute atomic E-state index is 0.0825. The third-order valence-corrected chi connectivity index (χ3v) is 4.93. The number of fused-ring (bicyclic) bond motifs is 1. The molecule has 1 aromatic carbocycles. The van der Waals surface area contributed by atoms with E-state index < -0.39 is 23.6 Å². The maximum absolute atomic E-state index is 13.4. The van der Waals surface area contributed by atoms with Gasteiger partial charge in [-0.05, 0) is 50.6 Å². The molecule has 3 rings (SSSR count). The van der Waals surface area contributed by atoms with E-state index in [4.69, 9.17) is 15.2 Å². The molecular weight excluding hydrogens is 424 g/mol. The number of ether oxygens (including phenoxy) is 2. The SMILES string of the molecule is COc1ccc(Cn2c(=O)c(C[C@@H](NC(=O)OC(C)(C)C)C(N)=O)cc3cnccc32)cc1. The molecule has 2 aromatic heterocycles. The van der Waals surface area contributed by atoms with E-state index in [2.05, 4.69) is 10.3 Å². The Bertz CT molecular complexity index is 1210. The van der Waals surface area contributed by atoms with E-state index in [0.717, 1.165) is 10.9 Å². The second kappa shape index (κ2) is 9.72. The topological polar surface area (TPSA) is 126 Å². The van der Waals surface area contributed by atoms with Crippen LogP contribution in [0.25, 0.3) is 10.9 Å². The molecule has 0 radical (unpaired) electrons. The molecule has 0 aliphatic heterocycles. The van der Waals surface area contributed by atoms with Gasteiger partial charge in [0.15, 0.2) is 0 Å². The van der Waals surface area contributed by atoms with Crippen molar-refractivity contribution < 1.29 is 19.1 Å². The van der Waals surface area contributed by atoms with E-state index >= 15 is 0 Å². The fourth-order valence-corrected chi connectivity index (χ4v) is 3.40. The van der Waals surface area contributed by atoms with Gasteiger partial charge >= 0.3 is 6.09 Å². The molecule has 0 fully saturated rings. The number of rotatable bonds is 7. The fourth-order valence-electron chi connectivity index (χ4n) is 3.40. The van der Waals surface area contributed by atoms with Crippen molar-refractivity contribution in [2.24, 2.45) is 5.73 Å². The van der Waals surface area contributed by atoms with Crippen LogP contribution in [0.3, 0.4) is 0 Å². The van der Waals surface area contributed by atoms with Gasteiger partial charge in [-0.3, -0.25) is 14.6 Å². The van der Waals surface area contributed by atoms with Gasteiger partial charge in [0.2, 0.25) is 5.91 Å². The molecule has 3 N–H and O–H groups in total. The standard InChI is InChI=1S/C24H28N4O5/c1-24(2,3)33-23(31)27-19(21(25)29)12-16-11-17-13-26-10-9-20(17)28(22(16)30)14-15-5-7-18(32-4)8-6-15/h5-11,13,19H,12,14H2,1-4H3,(H2,25,29)(H,27,31)/t19-/m1/s1. The first kappa shape index (κ1) is 23.8. The number of benzene rings is 1. The lowest BCUT2D eigenvalue weighted by Gasteiger charge is -2.22. The van der Waals surface area contributed by atoms with Gasteiger partial charge in [-0.2, -0.15) is 0 Å². The van der Waals surface area contributed by atoms with Crippen LogP contribution < -0.4 is 21.3 Å². The number of hydrogen-bond donors (Lipinski definition) is 2. The summed E-state index contributed by atoms with van der Waals surface area (Å²) in [6, 6.07) is 9.71. The Morgan fingerprint density at radius 1 is 1.18 bits per heavy atom. The van der Waals surface area contributed by atoms with Crippen LogP contribution in [0, 0.1) is 0 Å². The Balaban J connectivity index is 1.97. The number of carbonyl (C=O) groups excluding carboxylic acids is 2. The van der Waals surface area contributed by atoms with Crippen LogP contribution in [0.2, 0.25) is 0 Å². The number of nitrogens with zero attached hydrogens (tertiary/aromatic N) is 2.